The third kappa shape index (κ3) is 4.46. The van der Waals surface area contributed by atoms with Crippen molar-refractivity contribution in [3.63, 3.8) is 0 Å². The predicted molar refractivity (Wildman–Crippen MR) is 72.5 cm³/mol. The summed E-state index contributed by atoms with van der Waals surface area (Å²) in [4.78, 5) is 0. The van der Waals surface area contributed by atoms with Crippen LogP contribution in [-0.4, -0.2) is 4.75 Å². The van der Waals surface area contributed by atoms with Crippen molar-refractivity contribution < 1.29 is 0 Å². The van der Waals surface area contributed by atoms with Crippen molar-refractivity contribution in [3.8, 4) is 0 Å². The molecule has 0 radical (unpaired) electrons. The van der Waals surface area contributed by atoms with E-state index < -0.39 is 0 Å². The van der Waals surface area contributed by atoms with Crippen LogP contribution in [0.4, 0.5) is 0 Å². The van der Waals surface area contributed by atoms with Crippen molar-refractivity contribution in [2.75, 3.05) is 0 Å². The van der Waals surface area contributed by atoms with Gasteiger partial charge in [0.1, 0.15) is 0 Å². The molecule has 1 aliphatic carbocycles. The van der Waals surface area contributed by atoms with Gasteiger partial charge in [-0.15, -0.1) is 0 Å². The van der Waals surface area contributed by atoms with Crippen molar-refractivity contribution in [1.29, 1.82) is 0 Å². The number of thiol groups is 1. The Bertz CT molecular complexity index is 281. The summed E-state index contributed by atoms with van der Waals surface area (Å²) in [7, 11) is 0. The molecule has 0 nitrogen and oxygen atoms in total. The molecular formula is C14H24S. The largest absolute Gasteiger partial charge is 0.169 e. The number of hydrogen-bond acceptors (Lipinski definition) is 1. The Morgan fingerprint density at radius 2 is 1.67 bits per heavy atom. The van der Waals surface area contributed by atoms with E-state index in [1.165, 1.54) is 24.8 Å². The molecule has 86 valence electrons. The van der Waals surface area contributed by atoms with Crippen molar-refractivity contribution in [2.45, 2.75) is 58.6 Å². The van der Waals surface area contributed by atoms with Crippen LogP contribution in [0.25, 0.3) is 0 Å². The van der Waals surface area contributed by atoms with Crippen LogP contribution in [0.1, 0.15) is 53.9 Å². The van der Waals surface area contributed by atoms with E-state index in [0.29, 0.717) is 5.41 Å². The molecule has 0 fully saturated rings. The standard InChI is InChI=1S/C14H24S/c1-13(2,3)10-11-6-8-12(9-7-11)14(4,5)15/h6,8,15H,7,9-10H2,1-5H3. The Balaban J connectivity index is 2.69. The van der Waals surface area contributed by atoms with Gasteiger partial charge in [0.15, 0.2) is 0 Å². The first-order valence-electron chi connectivity index (χ1n) is 5.80. The quantitative estimate of drug-likeness (QED) is 0.641. The van der Waals surface area contributed by atoms with Crippen molar-refractivity contribution in [1.82, 2.24) is 0 Å². The molecule has 0 aromatic carbocycles. The maximum Gasteiger partial charge on any atom is 0.0284 e. The molecule has 0 aromatic heterocycles. The van der Waals surface area contributed by atoms with E-state index in [-0.39, 0.29) is 4.75 Å². The lowest BCUT2D eigenvalue weighted by molar-refractivity contribution is 0.403. The minimum absolute atomic E-state index is 0.0454. The first-order valence-corrected chi connectivity index (χ1v) is 6.25. The SMILES string of the molecule is CC(C)(C)CC1=CC=C(C(C)(C)S)CC1. The normalized spacial score (nSPS) is 18.5. The Morgan fingerprint density at radius 3 is 2.00 bits per heavy atom. The summed E-state index contributed by atoms with van der Waals surface area (Å²) in [5, 5.41) is 0. The zero-order valence-corrected chi connectivity index (χ0v) is 11.6. The molecule has 1 aliphatic rings. The first kappa shape index (κ1) is 12.9. The molecule has 1 rings (SSSR count). The van der Waals surface area contributed by atoms with Gasteiger partial charge in [-0.2, -0.15) is 12.6 Å². The molecule has 0 bridgehead atoms. The first-order chi connectivity index (χ1) is 6.68. The van der Waals surface area contributed by atoms with E-state index in [1.807, 2.05) is 0 Å². The average Bonchev–Trinajstić information content (AvgIpc) is 2.00. The lowest BCUT2D eigenvalue weighted by Crippen LogP contribution is -2.17. The molecule has 1 heteroatoms. The second-order valence-corrected chi connectivity index (χ2v) is 7.43. The van der Waals surface area contributed by atoms with E-state index in [0.717, 1.165) is 0 Å². The topological polar surface area (TPSA) is 0 Å². The maximum absolute atomic E-state index is 4.62. The van der Waals surface area contributed by atoms with Gasteiger partial charge in [0, 0.05) is 4.75 Å². The summed E-state index contributed by atoms with van der Waals surface area (Å²) >= 11 is 4.62. The molecule has 0 atom stereocenters. The van der Waals surface area contributed by atoms with Crippen LogP contribution in [0.3, 0.4) is 0 Å². The predicted octanol–water partition coefficient (Wildman–Crippen LogP) is 4.78. The molecule has 0 aromatic rings. The highest BCUT2D eigenvalue weighted by Gasteiger charge is 2.21. The van der Waals surface area contributed by atoms with Gasteiger partial charge >= 0.3 is 0 Å². The summed E-state index contributed by atoms with van der Waals surface area (Å²) in [6.07, 6.45) is 8.19. The Morgan fingerprint density at radius 1 is 1.07 bits per heavy atom. The van der Waals surface area contributed by atoms with Crippen molar-refractivity contribution >= 4 is 12.6 Å². The van der Waals surface area contributed by atoms with E-state index in [9.17, 15) is 0 Å². The number of allylic oxidation sites excluding steroid dienone is 3. The van der Waals surface area contributed by atoms with Crippen LogP contribution in [0, 0.1) is 5.41 Å². The number of hydrogen-bond donors (Lipinski definition) is 1. The Labute approximate surface area is 100 Å². The van der Waals surface area contributed by atoms with Gasteiger partial charge < -0.3 is 0 Å². The lowest BCUT2D eigenvalue weighted by atomic mass is 9.82. The number of rotatable bonds is 2. The van der Waals surface area contributed by atoms with Gasteiger partial charge in [-0.3, -0.25) is 0 Å². The van der Waals surface area contributed by atoms with Crippen LogP contribution < -0.4 is 0 Å². The third-order valence-corrected chi connectivity index (χ3v) is 3.07. The molecule has 0 amide bonds. The fourth-order valence-electron chi connectivity index (χ4n) is 2.02. The molecule has 0 spiro atoms. The van der Waals surface area contributed by atoms with Gasteiger partial charge in [0.25, 0.3) is 0 Å². The van der Waals surface area contributed by atoms with Gasteiger partial charge in [0.05, 0.1) is 0 Å². The molecule has 0 saturated carbocycles. The Kier molecular flexibility index (Phi) is 3.76. The highest BCUT2D eigenvalue weighted by molar-refractivity contribution is 7.82. The average molecular weight is 224 g/mol. The summed E-state index contributed by atoms with van der Waals surface area (Å²) in [6, 6.07) is 0. The summed E-state index contributed by atoms with van der Waals surface area (Å²) in [5.41, 5.74) is 3.46. The third-order valence-electron chi connectivity index (χ3n) is 2.78. The zero-order valence-electron chi connectivity index (χ0n) is 10.7. The molecule has 0 heterocycles. The minimum atomic E-state index is 0.0454. The van der Waals surface area contributed by atoms with Crippen LogP contribution in [-0.2, 0) is 0 Å². The second-order valence-electron chi connectivity index (χ2n) is 6.31. The van der Waals surface area contributed by atoms with Gasteiger partial charge in [-0.25, -0.2) is 0 Å². The summed E-state index contributed by atoms with van der Waals surface area (Å²) in [5.74, 6) is 0. The van der Waals surface area contributed by atoms with Crippen molar-refractivity contribution in [2.24, 2.45) is 5.41 Å². The molecule has 0 saturated heterocycles. The van der Waals surface area contributed by atoms with Crippen molar-refractivity contribution in [3.05, 3.63) is 23.3 Å². The minimum Gasteiger partial charge on any atom is -0.169 e. The van der Waals surface area contributed by atoms with E-state index >= 15 is 0 Å². The summed E-state index contributed by atoms with van der Waals surface area (Å²) < 4.78 is 0.0454. The zero-order chi connectivity index (χ0) is 11.7. The van der Waals surface area contributed by atoms with Gasteiger partial charge in [0.2, 0.25) is 0 Å². The van der Waals surface area contributed by atoms with Crippen LogP contribution in [0.15, 0.2) is 23.3 Å². The van der Waals surface area contributed by atoms with Crippen LogP contribution in [0.5, 0.6) is 0 Å². The molecule has 15 heavy (non-hydrogen) atoms. The monoisotopic (exact) mass is 224 g/mol. The molecule has 0 unspecified atom stereocenters. The molecule has 0 N–H and O–H groups in total. The fraction of sp³-hybridized carbons (Fsp3) is 0.714. The molecule has 0 aliphatic heterocycles. The smallest absolute Gasteiger partial charge is 0.0284 e. The lowest BCUT2D eigenvalue weighted by Gasteiger charge is -2.27. The maximum atomic E-state index is 4.62. The van der Waals surface area contributed by atoms with Crippen LogP contribution in [0.2, 0.25) is 0 Å². The van der Waals surface area contributed by atoms with Crippen LogP contribution >= 0.6 is 12.6 Å². The van der Waals surface area contributed by atoms with E-state index in [4.69, 9.17) is 0 Å². The fourth-order valence-corrected chi connectivity index (χ4v) is 2.21. The van der Waals surface area contributed by atoms with E-state index in [2.05, 4.69) is 59.4 Å². The van der Waals surface area contributed by atoms with E-state index in [1.54, 1.807) is 5.57 Å². The molecular weight excluding hydrogens is 200 g/mol. The van der Waals surface area contributed by atoms with Gasteiger partial charge in [-0.1, -0.05) is 44.1 Å². The Hall–Kier alpha value is -0.170. The summed E-state index contributed by atoms with van der Waals surface area (Å²) in [6.45, 7) is 11.2. The second kappa shape index (κ2) is 4.37. The van der Waals surface area contributed by atoms with Gasteiger partial charge in [-0.05, 0) is 38.5 Å². The highest BCUT2D eigenvalue weighted by atomic mass is 32.1. The highest BCUT2D eigenvalue weighted by Crippen LogP contribution is 2.35.